The molecule has 0 radical (unpaired) electrons. The van der Waals surface area contributed by atoms with Crippen LogP contribution in [0.2, 0.25) is 10.0 Å². The van der Waals surface area contributed by atoms with Gasteiger partial charge in [-0.1, -0.05) is 47.5 Å². The third-order valence-corrected chi connectivity index (χ3v) is 2.85. The van der Waals surface area contributed by atoms with E-state index in [9.17, 15) is 0 Å². The molecule has 0 amide bonds. The van der Waals surface area contributed by atoms with Crippen LogP contribution in [0, 0.1) is 0 Å². The lowest BCUT2D eigenvalue weighted by Crippen LogP contribution is -2.13. The first-order chi connectivity index (χ1) is 8.66. The molecular formula is C13H8Cl2O2S. The molecule has 0 N–H and O–H groups in total. The van der Waals surface area contributed by atoms with Crippen LogP contribution >= 0.6 is 35.4 Å². The van der Waals surface area contributed by atoms with Crippen LogP contribution in [-0.2, 0) is 0 Å². The van der Waals surface area contributed by atoms with E-state index in [-0.39, 0.29) is 5.24 Å². The molecule has 18 heavy (non-hydrogen) atoms. The standard InChI is InChI=1S/C13H8Cl2O2S/c14-9-5-1-3-7-11(9)16-13(18)17-12-8-4-2-6-10(12)15/h1-8H. The Balaban J connectivity index is 2.06. The molecule has 0 bridgehead atoms. The van der Waals surface area contributed by atoms with Gasteiger partial charge in [-0.15, -0.1) is 0 Å². The highest BCUT2D eigenvalue weighted by atomic mass is 35.5. The Bertz CT molecular complexity index is 523. The summed E-state index contributed by atoms with van der Waals surface area (Å²) < 4.78 is 10.6. The molecule has 0 aromatic heterocycles. The van der Waals surface area contributed by atoms with Crippen molar-refractivity contribution in [2.45, 2.75) is 0 Å². The fourth-order valence-electron chi connectivity index (χ4n) is 1.26. The molecule has 2 nitrogen and oxygen atoms in total. The number of ether oxygens (including phenoxy) is 2. The molecular weight excluding hydrogens is 291 g/mol. The first-order valence-corrected chi connectivity index (χ1v) is 6.22. The van der Waals surface area contributed by atoms with Crippen LogP contribution in [0.25, 0.3) is 0 Å². The van der Waals surface area contributed by atoms with Gasteiger partial charge in [-0.25, -0.2) is 0 Å². The number of hydrogen-bond acceptors (Lipinski definition) is 3. The summed E-state index contributed by atoms with van der Waals surface area (Å²) in [4.78, 5) is 0. The summed E-state index contributed by atoms with van der Waals surface area (Å²) in [6, 6.07) is 14.0. The highest BCUT2D eigenvalue weighted by Crippen LogP contribution is 2.26. The second-order valence-electron chi connectivity index (χ2n) is 3.31. The van der Waals surface area contributed by atoms with Gasteiger partial charge in [0.2, 0.25) is 0 Å². The largest absolute Gasteiger partial charge is 0.416 e. The maximum atomic E-state index is 5.94. The van der Waals surface area contributed by atoms with Crippen LogP contribution in [0.4, 0.5) is 0 Å². The zero-order valence-electron chi connectivity index (χ0n) is 9.10. The number of hydrogen-bond donors (Lipinski definition) is 0. The average Bonchev–Trinajstić information content (AvgIpc) is 2.35. The Kier molecular flexibility index (Phi) is 4.42. The van der Waals surface area contributed by atoms with E-state index in [0.29, 0.717) is 21.5 Å². The van der Waals surface area contributed by atoms with Crippen LogP contribution in [0.15, 0.2) is 48.5 Å². The van der Waals surface area contributed by atoms with E-state index in [1.807, 2.05) is 0 Å². The monoisotopic (exact) mass is 298 g/mol. The topological polar surface area (TPSA) is 18.5 Å². The van der Waals surface area contributed by atoms with Crippen molar-refractivity contribution in [1.82, 2.24) is 0 Å². The number of thiocarbonyl (C=S) groups is 1. The molecule has 0 saturated carbocycles. The summed E-state index contributed by atoms with van der Waals surface area (Å²) >= 11 is 16.8. The van der Waals surface area contributed by atoms with Gasteiger partial charge in [0.05, 0.1) is 10.0 Å². The van der Waals surface area contributed by atoms with Crippen LogP contribution in [0.3, 0.4) is 0 Å². The Labute approximate surface area is 120 Å². The minimum Gasteiger partial charge on any atom is -0.416 e. The molecule has 2 aromatic rings. The Morgan fingerprint density at radius 2 is 1.17 bits per heavy atom. The minimum absolute atomic E-state index is 0.0591. The molecule has 0 fully saturated rings. The molecule has 0 heterocycles. The van der Waals surface area contributed by atoms with Gasteiger partial charge in [0.25, 0.3) is 0 Å². The van der Waals surface area contributed by atoms with Gasteiger partial charge in [-0.2, -0.15) is 0 Å². The van der Waals surface area contributed by atoms with E-state index < -0.39 is 0 Å². The van der Waals surface area contributed by atoms with Crippen molar-refractivity contribution in [2.24, 2.45) is 0 Å². The molecule has 0 aliphatic heterocycles. The first-order valence-electron chi connectivity index (χ1n) is 5.05. The number of para-hydroxylation sites is 2. The van der Waals surface area contributed by atoms with E-state index >= 15 is 0 Å². The van der Waals surface area contributed by atoms with Crippen LogP contribution in [0.5, 0.6) is 11.5 Å². The van der Waals surface area contributed by atoms with Crippen molar-refractivity contribution in [3.63, 3.8) is 0 Å². The summed E-state index contributed by atoms with van der Waals surface area (Å²) in [6.07, 6.45) is 0. The van der Waals surface area contributed by atoms with Gasteiger partial charge in [-0.3, -0.25) is 0 Å². The lowest BCUT2D eigenvalue weighted by Gasteiger charge is -2.10. The zero-order valence-corrected chi connectivity index (χ0v) is 11.4. The van der Waals surface area contributed by atoms with E-state index in [1.54, 1.807) is 48.5 Å². The summed E-state index contributed by atoms with van der Waals surface area (Å²) in [5.74, 6) is 0.882. The second kappa shape index (κ2) is 6.05. The Morgan fingerprint density at radius 1 is 0.778 bits per heavy atom. The fraction of sp³-hybridized carbons (Fsp3) is 0. The van der Waals surface area contributed by atoms with Crippen molar-refractivity contribution < 1.29 is 9.47 Å². The SMILES string of the molecule is S=C(Oc1ccccc1Cl)Oc1ccccc1Cl. The van der Waals surface area contributed by atoms with Crippen LogP contribution in [0.1, 0.15) is 0 Å². The maximum absolute atomic E-state index is 5.94. The van der Waals surface area contributed by atoms with Crippen molar-refractivity contribution in [2.75, 3.05) is 0 Å². The molecule has 5 heteroatoms. The summed E-state index contributed by atoms with van der Waals surface area (Å²) in [5.41, 5.74) is 0. The van der Waals surface area contributed by atoms with E-state index in [1.165, 1.54) is 0 Å². The molecule has 0 aliphatic rings. The lowest BCUT2D eigenvalue weighted by molar-refractivity contribution is 0.404. The third-order valence-electron chi connectivity index (χ3n) is 2.06. The van der Waals surface area contributed by atoms with Crippen LogP contribution in [-0.4, -0.2) is 5.24 Å². The number of benzene rings is 2. The van der Waals surface area contributed by atoms with E-state index in [0.717, 1.165) is 0 Å². The first kappa shape index (κ1) is 13.1. The molecule has 0 saturated heterocycles. The van der Waals surface area contributed by atoms with Gasteiger partial charge >= 0.3 is 5.24 Å². The smallest absolute Gasteiger partial charge is 0.363 e. The maximum Gasteiger partial charge on any atom is 0.363 e. The van der Waals surface area contributed by atoms with Crippen molar-refractivity contribution in [3.05, 3.63) is 58.6 Å². The molecule has 0 unspecified atom stereocenters. The highest BCUT2D eigenvalue weighted by Gasteiger charge is 2.08. The van der Waals surface area contributed by atoms with Gasteiger partial charge in [-0.05, 0) is 24.3 Å². The van der Waals surface area contributed by atoms with Crippen LogP contribution < -0.4 is 9.47 Å². The Morgan fingerprint density at radius 3 is 1.56 bits per heavy atom. The minimum atomic E-state index is -0.0591. The second-order valence-corrected chi connectivity index (χ2v) is 4.46. The third kappa shape index (κ3) is 3.35. The highest BCUT2D eigenvalue weighted by molar-refractivity contribution is 7.79. The number of halogens is 2. The number of rotatable bonds is 2. The van der Waals surface area contributed by atoms with Gasteiger partial charge in [0, 0.05) is 12.2 Å². The lowest BCUT2D eigenvalue weighted by atomic mass is 10.3. The zero-order chi connectivity index (χ0) is 13.0. The fourth-order valence-corrected chi connectivity index (χ4v) is 1.78. The molecule has 2 rings (SSSR count). The molecule has 2 aromatic carbocycles. The van der Waals surface area contributed by atoms with Crippen molar-refractivity contribution >= 4 is 40.7 Å². The van der Waals surface area contributed by atoms with E-state index in [2.05, 4.69) is 0 Å². The van der Waals surface area contributed by atoms with Gasteiger partial charge in [0.1, 0.15) is 0 Å². The average molecular weight is 299 g/mol. The molecule has 92 valence electrons. The van der Waals surface area contributed by atoms with E-state index in [4.69, 9.17) is 44.9 Å². The normalized spacial score (nSPS) is 9.89. The molecule has 0 spiro atoms. The summed E-state index contributed by atoms with van der Waals surface area (Å²) in [6.45, 7) is 0. The predicted octanol–water partition coefficient (Wildman–Crippen LogP) is 4.74. The molecule has 0 aliphatic carbocycles. The van der Waals surface area contributed by atoms with Gasteiger partial charge in [0.15, 0.2) is 11.5 Å². The molecule has 0 atom stereocenters. The van der Waals surface area contributed by atoms with Gasteiger partial charge < -0.3 is 9.47 Å². The van der Waals surface area contributed by atoms with Crippen molar-refractivity contribution in [1.29, 1.82) is 0 Å². The summed E-state index contributed by atoms with van der Waals surface area (Å²) in [5, 5.41) is 0.862. The predicted molar refractivity (Wildman–Crippen MR) is 76.8 cm³/mol. The van der Waals surface area contributed by atoms with Crippen molar-refractivity contribution in [3.8, 4) is 11.5 Å². The Hall–Kier alpha value is -1.29. The summed E-state index contributed by atoms with van der Waals surface area (Å²) in [7, 11) is 0. The quantitative estimate of drug-likeness (QED) is 0.746.